The maximum absolute atomic E-state index is 11.7. The first kappa shape index (κ1) is 33.1. The highest BCUT2D eigenvalue weighted by Crippen LogP contribution is 2.22. The fourth-order valence-electron chi connectivity index (χ4n) is 2.65. The molecule has 0 aliphatic carbocycles. The highest BCUT2D eigenvalue weighted by molar-refractivity contribution is 5.76. The van der Waals surface area contributed by atoms with Crippen LogP contribution in [0.5, 0.6) is 0 Å². The Hall–Kier alpha value is -1.10. The predicted molar refractivity (Wildman–Crippen MR) is 134 cm³/mol. The Balaban J connectivity index is 0. The minimum Gasteiger partial charge on any atom is -0.465 e. The number of unbranched alkanes of at least 4 members (excludes halogenated alkanes) is 9. The summed E-state index contributed by atoms with van der Waals surface area (Å²) in [5.41, 5.74) is -0.688. The van der Waals surface area contributed by atoms with E-state index in [0.717, 1.165) is 19.3 Å². The number of esters is 2. The second-order valence-corrected chi connectivity index (χ2v) is 9.92. The van der Waals surface area contributed by atoms with Gasteiger partial charge in [0.05, 0.1) is 24.0 Å². The lowest BCUT2D eigenvalue weighted by Gasteiger charge is -2.20. The molecule has 0 fully saturated rings. The Labute approximate surface area is 199 Å². The SMILES string of the molecule is CCC(C)(C)C(=O)OCCOC.CCCCCCCCCCCCOC(=O)C(C)(C)CC. The predicted octanol–water partition coefficient (Wildman–Crippen LogP) is 7.50. The topological polar surface area (TPSA) is 61.8 Å². The van der Waals surface area contributed by atoms with Crippen molar-refractivity contribution in [2.45, 2.75) is 126 Å². The number of hydrogen-bond acceptors (Lipinski definition) is 5. The first-order valence-corrected chi connectivity index (χ1v) is 12.9. The summed E-state index contributed by atoms with van der Waals surface area (Å²) in [6.45, 7) is 15.3. The average molecular weight is 459 g/mol. The lowest BCUT2D eigenvalue weighted by molar-refractivity contribution is -0.155. The van der Waals surface area contributed by atoms with Crippen LogP contribution in [0, 0.1) is 10.8 Å². The van der Waals surface area contributed by atoms with Crippen LogP contribution in [-0.4, -0.2) is 38.9 Å². The molecule has 0 aromatic carbocycles. The van der Waals surface area contributed by atoms with Crippen molar-refractivity contribution in [3.05, 3.63) is 0 Å². The first-order valence-electron chi connectivity index (χ1n) is 12.9. The molecule has 0 aromatic heterocycles. The van der Waals surface area contributed by atoms with Crippen LogP contribution >= 0.6 is 0 Å². The first-order chi connectivity index (χ1) is 15.1. The van der Waals surface area contributed by atoms with E-state index < -0.39 is 0 Å². The molecule has 0 aliphatic heterocycles. The minimum absolute atomic E-state index is 0.0454. The Morgan fingerprint density at radius 2 is 0.938 bits per heavy atom. The van der Waals surface area contributed by atoms with E-state index in [1.54, 1.807) is 7.11 Å². The summed E-state index contributed by atoms with van der Waals surface area (Å²) in [6.07, 6.45) is 14.7. The quantitative estimate of drug-likeness (QED) is 0.157. The van der Waals surface area contributed by atoms with Crippen molar-refractivity contribution in [3.63, 3.8) is 0 Å². The van der Waals surface area contributed by atoms with E-state index in [0.29, 0.717) is 19.8 Å². The summed E-state index contributed by atoms with van der Waals surface area (Å²) < 4.78 is 15.1. The smallest absolute Gasteiger partial charge is 0.311 e. The Morgan fingerprint density at radius 3 is 1.31 bits per heavy atom. The van der Waals surface area contributed by atoms with Gasteiger partial charge in [-0.3, -0.25) is 9.59 Å². The molecule has 0 unspecified atom stereocenters. The van der Waals surface area contributed by atoms with Crippen molar-refractivity contribution in [2.24, 2.45) is 10.8 Å². The van der Waals surface area contributed by atoms with Gasteiger partial charge in [0, 0.05) is 7.11 Å². The molecule has 0 bridgehead atoms. The average Bonchev–Trinajstić information content (AvgIpc) is 2.77. The van der Waals surface area contributed by atoms with E-state index in [4.69, 9.17) is 14.2 Å². The number of carbonyl (C=O) groups is 2. The summed E-state index contributed by atoms with van der Waals surface area (Å²) in [5, 5.41) is 0. The van der Waals surface area contributed by atoms with Crippen LogP contribution in [0.25, 0.3) is 0 Å². The number of methoxy groups -OCH3 is 1. The zero-order chi connectivity index (χ0) is 24.9. The molecule has 0 atom stereocenters. The van der Waals surface area contributed by atoms with E-state index in [2.05, 4.69) is 6.92 Å². The van der Waals surface area contributed by atoms with Crippen LogP contribution in [0.4, 0.5) is 0 Å². The van der Waals surface area contributed by atoms with Gasteiger partial charge in [-0.1, -0.05) is 78.6 Å². The van der Waals surface area contributed by atoms with Gasteiger partial charge in [-0.2, -0.15) is 0 Å². The molecule has 5 heteroatoms. The molecular weight excluding hydrogens is 404 g/mol. The van der Waals surface area contributed by atoms with Crippen LogP contribution in [0.15, 0.2) is 0 Å². The maximum Gasteiger partial charge on any atom is 0.311 e. The van der Waals surface area contributed by atoms with Gasteiger partial charge >= 0.3 is 11.9 Å². The summed E-state index contributed by atoms with van der Waals surface area (Å²) in [4.78, 5) is 23.0. The van der Waals surface area contributed by atoms with Gasteiger partial charge in [-0.05, 0) is 47.0 Å². The third-order valence-corrected chi connectivity index (χ3v) is 6.12. The normalized spacial score (nSPS) is 11.5. The van der Waals surface area contributed by atoms with Crippen molar-refractivity contribution in [2.75, 3.05) is 26.9 Å². The second-order valence-electron chi connectivity index (χ2n) is 9.92. The molecule has 0 N–H and O–H groups in total. The second kappa shape index (κ2) is 20.5. The van der Waals surface area contributed by atoms with Crippen molar-refractivity contribution in [3.8, 4) is 0 Å². The van der Waals surface area contributed by atoms with E-state index >= 15 is 0 Å². The lowest BCUT2D eigenvalue weighted by Crippen LogP contribution is -2.26. The number of rotatable bonds is 18. The molecule has 32 heavy (non-hydrogen) atoms. The highest BCUT2D eigenvalue weighted by atomic mass is 16.6. The van der Waals surface area contributed by atoms with E-state index in [9.17, 15) is 9.59 Å². The molecular formula is C27H54O5. The van der Waals surface area contributed by atoms with Crippen LogP contribution < -0.4 is 0 Å². The van der Waals surface area contributed by atoms with Gasteiger partial charge in [-0.15, -0.1) is 0 Å². The van der Waals surface area contributed by atoms with Gasteiger partial charge in [0.25, 0.3) is 0 Å². The monoisotopic (exact) mass is 458 g/mol. The van der Waals surface area contributed by atoms with Gasteiger partial charge in [-0.25, -0.2) is 0 Å². The van der Waals surface area contributed by atoms with Crippen LogP contribution in [0.2, 0.25) is 0 Å². The molecule has 0 aliphatic rings. The summed E-state index contributed by atoms with van der Waals surface area (Å²) >= 11 is 0. The Kier molecular flexibility index (Phi) is 21.2. The van der Waals surface area contributed by atoms with Gasteiger partial charge in [0.1, 0.15) is 6.61 Å². The molecule has 0 saturated carbocycles. The third-order valence-electron chi connectivity index (χ3n) is 6.12. The van der Waals surface area contributed by atoms with Crippen molar-refractivity contribution >= 4 is 11.9 Å². The summed E-state index contributed by atoms with van der Waals surface area (Å²) in [6, 6.07) is 0. The van der Waals surface area contributed by atoms with Crippen molar-refractivity contribution < 1.29 is 23.8 Å². The molecule has 0 amide bonds. The van der Waals surface area contributed by atoms with Crippen LogP contribution in [-0.2, 0) is 23.8 Å². The molecule has 0 aromatic rings. The standard InChI is InChI=1S/C18H36O2.C9H18O3/c1-5-7-8-9-10-11-12-13-14-15-16-20-17(19)18(3,4)6-2;1-5-9(2,3)8(10)12-7-6-11-4/h5-16H2,1-4H3;5-7H2,1-4H3. The fraction of sp³-hybridized carbons (Fsp3) is 0.926. The third kappa shape index (κ3) is 18.5. The molecule has 5 nitrogen and oxygen atoms in total. The fourth-order valence-corrected chi connectivity index (χ4v) is 2.65. The van der Waals surface area contributed by atoms with E-state index in [1.165, 1.54) is 57.8 Å². The lowest BCUT2D eigenvalue weighted by atomic mass is 9.91. The number of carbonyl (C=O) groups excluding carboxylic acids is 2. The number of hydrogen-bond donors (Lipinski definition) is 0. The maximum atomic E-state index is 11.7. The molecule has 0 heterocycles. The Bertz CT molecular complexity index is 457. The van der Waals surface area contributed by atoms with Crippen LogP contribution in [0.3, 0.4) is 0 Å². The zero-order valence-electron chi connectivity index (χ0n) is 22.6. The van der Waals surface area contributed by atoms with E-state index in [1.807, 2.05) is 41.5 Å². The van der Waals surface area contributed by atoms with Gasteiger partial charge < -0.3 is 14.2 Å². The zero-order valence-corrected chi connectivity index (χ0v) is 22.6. The molecule has 0 radical (unpaired) electrons. The minimum atomic E-state index is -0.367. The molecule has 0 saturated heterocycles. The molecule has 192 valence electrons. The van der Waals surface area contributed by atoms with Gasteiger partial charge in [0.2, 0.25) is 0 Å². The van der Waals surface area contributed by atoms with Crippen molar-refractivity contribution in [1.29, 1.82) is 0 Å². The highest BCUT2D eigenvalue weighted by Gasteiger charge is 2.27. The largest absolute Gasteiger partial charge is 0.465 e. The summed E-state index contributed by atoms with van der Waals surface area (Å²) in [5.74, 6) is -0.196. The van der Waals surface area contributed by atoms with E-state index in [-0.39, 0.29) is 22.8 Å². The number of ether oxygens (including phenoxy) is 3. The van der Waals surface area contributed by atoms with Gasteiger partial charge in [0.15, 0.2) is 0 Å². The Morgan fingerprint density at radius 1 is 0.562 bits per heavy atom. The van der Waals surface area contributed by atoms with Crippen LogP contribution in [0.1, 0.15) is 126 Å². The molecule has 0 spiro atoms. The van der Waals surface area contributed by atoms with Crippen molar-refractivity contribution in [1.82, 2.24) is 0 Å². The molecule has 0 rings (SSSR count). The summed E-state index contributed by atoms with van der Waals surface area (Å²) in [7, 11) is 1.58.